The molecule has 0 saturated carbocycles. The minimum atomic E-state index is -1.52. The van der Waals surface area contributed by atoms with Crippen molar-refractivity contribution < 1.29 is 14.1 Å². The monoisotopic (exact) mass is 296 g/mol. The van der Waals surface area contributed by atoms with E-state index in [-0.39, 0.29) is 5.56 Å². The van der Waals surface area contributed by atoms with Gasteiger partial charge in [0.1, 0.15) is 0 Å². The van der Waals surface area contributed by atoms with Crippen molar-refractivity contribution in [3.8, 4) is 0 Å². The van der Waals surface area contributed by atoms with Gasteiger partial charge < -0.3 is 5.11 Å². The number of benzene rings is 3. The normalized spacial score (nSPS) is 12.2. The minimum absolute atomic E-state index is 0.0731. The number of hydrogen-bond acceptors (Lipinski definition) is 2. The van der Waals surface area contributed by atoms with Crippen LogP contribution in [0.15, 0.2) is 76.5 Å². The largest absolute Gasteiger partial charge is 0.478 e. The Balaban J connectivity index is 2.10. The number of rotatable bonds is 3. The predicted molar refractivity (Wildman–Crippen MR) is 82.0 cm³/mol. The van der Waals surface area contributed by atoms with Gasteiger partial charge in [-0.1, -0.05) is 42.5 Å². The first-order chi connectivity index (χ1) is 10.2. The summed E-state index contributed by atoms with van der Waals surface area (Å²) in [5, 5.41) is 11.2. The number of carboxylic acids is 1. The van der Waals surface area contributed by atoms with Crippen molar-refractivity contribution in [3.63, 3.8) is 0 Å². The molecular weight excluding hydrogens is 284 g/mol. The molecule has 0 heterocycles. The third-order valence-corrected chi connectivity index (χ3v) is 4.69. The molecule has 3 aromatic rings. The van der Waals surface area contributed by atoms with Crippen LogP contribution in [0.25, 0.3) is 10.8 Å². The second kappa shape index (κ2) is 5.50. The van der Waals surface area contributed by atoms with Crippen LogP contribution in [0.2, 0.25) is 0 Å². The van der Waals surface area contributed by atoms with Gasteiger partial charge >= 0.3 is 5.97 Å². The standard InChI is InChI=1S/C17H12O3S/c18-17(19)15-7-3-4-8-16(15)21(20)14-10-9-12-5-1-2-6-13(12)11-14/h1-11H,(H,18,19)/t21-/m1/s1. The summed E-state index contributed by atoms with van der Waals surface area (Å²) in [6.07, 6.45) is 0. The van der Waals surface area contributed by atoms with Crippen LogP contribution in [0.1, 0.15) is 10.4 Å². The minimum Gasteiger partial charge on any atom is -0.478 e. The molecule has 0 spiro atoms. The second-order valence-electron chi connectivity index (χ2n) is 4.58. The first kappa shape index (κ1) is 13.5. The molecule has 104 valence electrons. The third-order valence-electron chi connectivity index (χ3n) is 3.25. The van der Waals surface area contributed by atoms with Crippen LogP contribution < -0.4 is 0 Å². The van der Waals surface area contributed by atoms with Gasteiger partial charge in [-0.3, -0.25) is 0 Å². The topological polar surface area (TPSA) is 54.4 Å². The first-order valence-corrected chi connectivity index (χ1v) is 7.55. The van der Waals surface area contributed by atoms with Gasteiger partial charge in [-0.05, 0) is 35.0 Å². The zero-order valence-electron chi connectivity index (χ0n) is 11.0. The number of carbonyl (C=O) groups is 1. The van der Waals surface area contributed by atoms with Gasteiger partial charge in [0.05, 0.1) is 21.3 Å². The quantitative estimate of drug-likeness (QED) is 0.801. The van der Waals surface area contributed by atoms with Crippen molar-refractivity contribution in [1.82, 2.24) is 0 Å². The number of fused-ring (bicyclic) bond motifs is 1. The fraction of sp³-hybridized carbons (Fsp3) is 0. The Morgan fingerprint density at radius 3 is 2.29 bits per heavy atom. The zero-order valence-corrected chi connectivity index (χ0v) is 11.8. The molecule has 0 unspecified atom stereocenters. The van der Waals surface area contributed by atoms with Crippen molar-refractivity contribution in [2.75, 3.05) is 0 Å². The summed E-state index contributed by atoms with van der Waals surface area (Å²) in [6, 6.07) is 19.7. The highest BCUT2D eigenvalue weighted by atomic mass is 32.2. The van der Waals surface area contributed by atoms with Crippen molar-refractivity contribution in [1.29, 1.82) is 0 Å². The first-order valence-electron chi connectivity index (χ1n) is 6.40. The summed E-state index contributed by atoms with van der Waals surface area (Å²) in [7, 11) is -1.52. The van der Waals surface area contributed by atoms with Crippen molar-refractivity contribution in [2.24, 2.45) is 0 Å². The van der Waals surface area contributed by atoms with E-state index in [1.807, 2.05) is 36.4 Å². The molecule has 0 saturated heterocycles. The van der Waals surface area contributed by atoms with Gasteiger partial charge in [-0.2, -0.15) is 0 Å². The van der Waals surface area contributed by atoms with Gasteiger partial charge in [0.2, 0.25) is 0 Å². The van der Waals surface area contributed by atoms with Crippen LogP contribution in [0.5, 0.6) is 0 Å². The Kier molecular flexibility index (Phi) is 3.54. The fourth-order valence-electron chi connectivity index (χ4n) is 2.21. The van der Waals surface area contributed by atoms with Crippen LogP contribution >= 0.6 is 0 Å². The maximum absolute atomic E-state index is 12.7. The van der Waals surface area contributed by atoms with E-state index in [1.54, 1.807) is 24.3 Å². The molecule has 0 bridgehead atoms. The molecule has 21 heavy (non-hydrogen) atoms. The maximum atomic E-state index is 12.7. The molecule has 0 amide bonds. The number of carboxylic acid groups (broad SMARTS) is 1. The SMILES string of the molecule is O=C(O)c1ccccc1[S@](=O)c1ccc2ccccc2c1. The second-order valence-corrected chi connectivity index (χ2v) is 6.03. The molecule has 0 aliphatic carbocycles. The lowest BCUT2D eigenvalue weighted by Gasteiger charge is -2.07. The van der Waals surface area contributed by atoms with Crippen molar-refractivity contribution in [2.45, 2.75) is 9.79 Å². The Hall–Kier alpha value is -2.46. The van der Waals surface area contributed by atoms with E-state index < -0.39 is 16.8 Å². The van der Waals surface area contributed by atoms with Crippen LogP contribution in [-0.4, -0.2) is 15.3 Å². The third kappa shape index (κ3) is 2.58. The van der Waals surface area contributed by atoms with Gasteiger partial charge in [-0.15, -0.1) is 0 Å². The predicted octanol–water partition coefficient (Wildman–Crippen LogP) is 3.70. The summed E-state index contributed by atoms with van der Waals surface area (Å²) in [5.41, 5.74) is 0.0731. The molecule has 1 atom stereocenters. The smallest absolute Gasteiger partial charge is 0.336 e. The number of aromatic carboxylic acids is 1. The van der Waals surface area contributed by atoms with E-state index in [9.17, 15) is 14.1 Å². The lowest BCUT2D eigenvalue weighted by Crippen LogP contribution is -2.04. The lowest BCUT2D eigenvalue weighted by molar-refractivity contribution is 0.0693. The molecule has 3 nitrogen and oxygen atoms in total. The summed E-state index contributed by atoms with van der Waals surface area (Å²) >= 11 is 0. The summed E-state index contributed by atoms with van der Waals surface area (Å²) in [5.74, 6) is -1.07. The molecule has 0 aromatic heterocycles. The molecule has 0 aliphatic heterocycles. The van der Waals surface area contributed by atoms with Gasteiger partial charge in [-0.25, -0.2) is 9.00 Å². The average Bonchev–Trinajstić information content (AvgIpc) is 2.53. The van der Waals surface area contributed by atoms with Crippen LogP contribution in [0.4, 0.5) is 0 Å². The highest BCUT2D eigenvalue weighted by Gasteiger charge is 2.16. The maximum Gasteiger partial charge on any atom is 0.336 e. The highest BCUT2D eigenvalue weighted by Crippen LogP contribution is 2.24. The zero-order chi connectivity index (χ0) is 14.8. The van der Waals surface area contributed by atoms with Crippen LogP contribution in [0.3, 0.4) is 0 Å². The Bertz CT molecular complexity index is 855. The van der Waals surface area contributed by atoms with E-state index in [1.165, 1.54) is 6.07 Å². The molecule has 4 heteroatoms. The molecule has 3 rings (SSSR count). The van der Waals surface area contributed by atoms with Crippen LogP contribution in [0, 0.1) is 0 Å². The van der Waals surface area contributed by atoms with E-state index >= 15 is 0 Å². The fourth-order valence-corrected chi connectivity index (χ4v) is 3.45. The van der Waals surface area contributed by atoms with Gasteiger partial charge in [0.25, 0.3) is 0 Å². The van der Waals surface area contributed by atoms with Crippen LogP contribution in [-0.2, 0) is 10.8 Å². The van der Waals surface area contributed by atoms with Gasteiger partial charge in [0, 0.05) is 4.90 Å². The van der Waals surface area contributed by atoms with Crippen molar-refractivity contribution >= 4 is 27.5 Å². The van der Waals surface area contributed by atoms with E-state index in [4.69, 9.17) is 0 Å². The summed E-state index contributed by atoms with van der Waals surface area (Å²) in [6.45, 7) is 0. The molecular formula is C17H12O3S. The molecule has 3 aromatic carbocycles. The van der Waals surface area contributed by atoms with E-state index in [2.05, 4.69) is 0 Å². The van der Waals surface area contributed by atoms with Crippen molar-refractivity contribution in [3.05, 3.63) is 72.3 Å². The van der Waals surface area contributed by atoms with Gasteiger partial charge in [0.15, 0.2) is 0 Å². The molecule has 0 fully saturated rings. The molecule has 0 radical (unpaired) electrons. The van der Waals surface area contributed by atoms with E-state index in [0.29, 0.717) is 9.79 Å². The lowest BCUT2D eigenvalue weighted by atomic mass is 10.1. The molecule has 1 N–H and O–H groups in total. The summed E-state index contributed by atoms with van der Waals surface area (Å²) in [4.78, 5) is 12.2. The highest BCUT2D eigenvalue weighted by molar-refractivity contribution is 7.85. The Morgan fingerprint density at radius 1 is 0.857 bits per heavy atom. The average molecular weight is 296 g/mol. The molecule has 0 aliphatic rings. The Labute approximate surface area is 124 Å². The summed E-state index contributed by atoms with van der Waals surface area (Å²) < 4.78 is 12.7. The van der Waals surface area contributed by atoms with E-state index in [0.717, 1.165) is 10.8 Å². The number of hydrogen-bond donors (Lipinski definition) is 1. The Morgan fingerprint density at radius 2 is 1.52 bits per heavy atom.